The van der Waals surface area contributed by atoms with Crippen LogP contribution in [0.2, 0.25) is 0 Å². The largest absolute Gasteiger partial charge is 0.361 e. The van der Waals surface area contributed by atoms with Crippen molar-refractivity contribution >= 4 is 23.0 Å². The van der Waals surface area contributed by atoms with E-state index in [1.165, 1.54) is 0 Å². The Morgan fingerprint density at radius 2 is 2.11 bits per heavy atom. The number of halogens is 2. The van der Waals surface area contributed by atoms with Crippen molar-refractivity contribution < 1.29 is 8.78 Å². The second kappa shape index (κ2) is 7.78. The molecule has 0 radical (unpaired) electrons. The van der Waals surface area contributed by atoms with Gasteiger partial charge in [0.2, 0.25) is 0 Å². The normalized spacial score (nSPS) is 11.3. The first kappa shape index (κ1) is 15.5. The maximum Gasteiger partial charge on any atom is 0.186 e. The average Bonchev–Trinajstić information content (AvgIpc) is 2.39. The van der Waals surface area contributed by atoms with E-state index in [1.807, 2.05) is 0 Å². The molecule has 0 aromatic heterocycles. The monoisotopic (exact) mass is 285 g/mol. The molecule has 2 N–H and O–H groups in total. The van der Waals surface area contributed by atoms with E-state index in [4.69, 9.17) is 12.2 Å². The number of hydrogen-bond acceptors (Lipinski definition) is 2. The van der Waals surface area contributed by atoms with E-state index in [-0.39, 0.29) is 5.56 Å². The van der Waals surface area contributed by atoms with Crippen LogP contribution in [0, 0.1) is 11.6 Å². The van der Waals surface area contributed by atoms with Crippen LogP contribution in [0.5, 0.6) is 0 Å². The summed E-state index contributed by atoms with van der Waals surface area (Å²) in [5.74, 6) is -1.02. The second-order valence-corrected chi connectivity index (χ2v) is 4.45. The number of thiocarbonyl (C=S) groups is 1. The molecule has 1 rings (SSSR count). The lowest BCUT2D eigenvalue weighted by molar-refractivity contribution is 0.597. The zero-order chi connectivity index (χ0) is 14.3. The molecule has 0 atom stereocenters. The summed E-state index contributed by atoms with van der Waals surface area (Å²) in [5, 5.41) is 7.26. The smallest absolute Gasteiger partial charge is 0.186 e. The third-order valence-corrected chi connectivity index (χ3v) is 2.69. The van der Waals surface area contributed by atoms with Gasteiger partial charge < -0.3 is 5.32 Å². The lowest BCUT2D eigenvalue weighted by atomic mass is 10.1. The molecular formula is C13H17F2N3S. The zero-order valence-electron chi connectivity index (χ0n) is 11.0. The summed E-state index contributed by atoms with van der Waals surface area (Å²) >= 11 is 5.00. The van der Waals surface area contributed by atoms with Crippen LogP contribution >= 0.6 is 12.2 Å². The summed E-state index contributed by atoms with van der Waals surface area (Å²) in [6, 6.07) is 3.24. The molecule has 1 aromatic carbocycles. The van der Waals surface area contributed by atoms with Gasteiger partial charge in [-0.2, -0.15) is 5.10 Å². The van der Waals surface area contributed by atoms with Crippen LogP contribution in [0.25, 0.3) is 0 Å². The fourth-order valence-electron chi connectivity index (χ4n) is 1.39. The van der Waals surface area contributed by atoms with Crippen LogP contribution in [-0.4, -0.2) is 17.4 Å². The topological polar surface area (TPSA) is 36.4 Å². The van der Waals surface area contributed by atoms with Crippen LogP contribution in [-0.2, 0) is 0 Å². The first-order valence-corrected chi connectivity index (χ1v) is 6.49. The summed E-state index contributed by atoms with van der Waals surface area (Å²) in [7, 11) is 0. The Balaban J connectivity index is 2.61. The van der Waals surface area contributed by atoms with Crippen molar-refractivity contribution in [1.82, 2.24) is 10.7 Å². The molecule has 0 saturated carbocycles. The molecule has 0 aliphatic heterocycles. The number of nitrogens with zero attached hydrogens (tertiary/aromatic N) is 1. The Hall–Kier alpha value is -1.56. The number of hydrogen-bond donors (Lipinski definition) is 2. The van der Waals surface area contributed by atoms with E-state index >= 15 is 0 Å². The van der Waals surface area contributed by atoms with Crippen LogP contribution in [0.3, 0.4) is 0 Å². The Labute approximate surface area is 117 Å². The van der Waals surface area contributed by atoms with Gasteiger partial charge in [-0.3, -0.25) is 5.43 Å². The first-order chi connectivity index (χ1) is 9.04. The van der Waals surface area contributed by atoms with Crippen LogP contribution in [0.1, 0.15) is 32.3 Å². The lowest BCUT2D eigenvalue weighted by Gasteiger charge is -2.07. The van der Waals surface area contributed by atoms with Crippen molar-refractivity contribution in [2.75, 3.05) is 6.54 Å². The summed E-state index contributed by atoms with van der Waals surface area (Å²) in [6.45, 7) is 4.41. The van der Waals surface area contributed by atoms with Crippen molar-refractivity contribution in [1.29, 1.82) is 0 Å². The van der Waals surface area contributed by atoms with Gasteiger partial charge in [-0.25, -0.2) is 8.78 Å². The fraction of sp³-hybridized carbons (Fsp3) is 0.385. The molecule has 0 aliphatic rings. The third-order valence-electron chi connectivity index (χ3n) is 2.46. The van der Waals surface area contributed by atoms with E-state index in [0.717, 1.165) is 37.6 Å². The van der Waals surface area contributed by atoms with E-state index < -0.39 is 11.6 Å². The molecule has 0 bridgehead atoms. The molecule has 1 aromatic rings. The molecular weight excluding hydrogens is 268 g/mol. The third kappa shape index (κ3) is 5.30. The fourth-order valence-corrected chi connectivity index (χ4v) is 1.54. The molecule has 0 fully saturated rings. The minimum absolute atomic E-state index is 0.115. The molecule has 19 heavy (non-hydrogen) atoms. The SMILES string of the molecule is CCCCNC(=S)N/N=C(/C)c1cc(F)ccc1F. The molecule has 0 aliphatic carbocycles. The van der Waals surface area contributed by atoms with Crippen molar-refractivity contribution in [3.63, 3.8) is 0 Å². The van der Waals surface area contributed by atoms with Crippen LogP contribution in [0.4, 0.5) is 8.78 Å². The number of unbranched alkanes of at least 4 members (excludes halogenated alkanes) is 1. The minimum Gasteiger partial charge on any atom is -0.361 e. The Morgan fingerprint density at radius 1 is 1.37 bits per heavy atom. The summed E-state index contributed by atoms with van der Waals surface area (Å²) < 4.78 is 26.5. The maximum absolute atomic E-state index is 13.5. The van der Waals surface area contributed by atoms with Crippen molar-refractivity contribution in [2.45, 2.75) is 26.7 Å². The van der Waals surface area contributed by atoms with E-state index in [0.29, 0.717) is 10.8 Å². The summed E-state index contributed by atoms with van der Waals surface area (Å²) in [6.07, 6.45) is 2.06. The molecule has 0 amide bonds. The maximum atomic E-state index is 13.5. The first-order valence-electron chi connectivity index (χ1n) is 6.08. The molecule has 0 unspecified atom stereocenters. The van der Waals surface area contributed by atoms with Gasteiger partial charge in [-0.05, 0) is 43.8 Å². The van der Waals surface area contributed by atoms with E-state index in [9.17, 15) is 8.78 Å². The van der Waals surface area contributed by atoms with Gasteiger partial charge >= 0.3 is 0 Å². The van der Waals surface area contributed by atoms with Gasteiger partial charge in [-0.1, -0.05) is 13.3 Å². The van der Waals surface area contributed by atoms with Crippen molar-refractivity contribution in [2.24, 2.45) is 5.10 Å². The highest BCUT2D eigenvalue weighted by Crippen LogP contribution is 2.10. The molecule has 0 spiro atoms. The van der Waals surface area contributed by atoms with Gasteiger partial charge in [0.1, 0.15) is 11.6 Å². The standard InChI is InChI=1S/C13H17F2N3S/c1-3-4-7-16-13(19)18-17-9(2)11-8-10(14)5-6-12(11)15/h5-6,8H,3-4,7H2,1-2H3,(H2,16,18,19)/b17-9-. The number of hydrazone groups is 1. The van der Waals surface area contributed by atoms with Crippen molar-refractivity contribution in [3.05, 3.63) is 35.4 Å². The Kier molecular flexibility index (Phi) is 6.35. The zero-order valence-corrected chi connectivity index (χ0v) is 11.8. The van der Waals surface area contributed by atoms with E-state index in [1.54, 1.807) is 6.92 Å². The average molecular weight is 285 g/mol. The minimum atomic E-state index is -0.519. The quantitative estimate of drug-likeness (QED) is 0.378. The van der Waals surface area contributed by atoms with Gasteiger partial charge in [-0.15, -0.1) is 0 Å². The highest BCUT2D eigenvalue weighted by molar-refractivity contribution is 7.80. The molecule has 3 nitrogen and oxygen atoms in total. The highest BCUT2D eigenvalue weighted by Gasteiger charge is 2.07. The highest BCUT2D eigenvalue weighted by atomic mass is 32.1. The Morgan fingerprint density at radius 3 is 2.79 bits per heavy atom. The van der Waals surface area contributed by atoms with Crippen molar-refractivity contribution in [3.8, 4) is 0 Å². The molecule has 6 heteroatoms. The number of rotatable bonds is 5. The summed E-state index contributed by atoms with van der Waals surface area (Å²) in [4.78, 5) is 0. The summed E-state index contributed by atoms with van der Waals surface area (Å²) in [5.41, 5.74) is 3.05. The molecule has 104 valence electrons. The second-order valence-electron chi connectivity index (χ2n) is 4.04. The van der Waals surface area contributed by atoms with Gasteiger partial charge in [0.15, 0.2) is 5.11 Å². The Bertz CT molecular complexity index is 475. The number of benzene rings is 1. The predicted molar refractivity (Wildman–Crippen MR) is 77.2 cm³/mol. The van der Waals surface area contributed by atoms with E-state index in [2.05, 4.69) is 22.8 Å². The van der Waals surface area contributed by atoms with Crippen LogP contribution < -0.4 is 10.7 Å². The molecule has 0 saturated heterocycles. The van der Waals surface area contributed by atoms with Gasteiger partial charge in [0.25, 0.3) is 0 Å². The molecule has 0 heterocycles. The van der Waals surface area contributed by atoms with Crippen LogP contribution in [0.15, 0.2) is 23.3 Å². The van der Waals surface area contributed by atoms with Gasteiger partial charge in [0.05, 0.1) is 5.71 Å². The van der Waals surface area contributed by atoms with Gasteiger partial charge in [0, 0.05) is 12.1 Å². The lowest BCUT2D eigenvalue weighted by Crippen LogP contribution is -2.33. The number of nitrogens with one attached hydrogen (secondary N) is 2. The predicted octanol–water partition coefficient (Wildman–Crippen LogP) is 2.95.